The van der Waals surface area contributed by atoms with E-state index in [-0.39, 0.29) is 11.8 Å². The molecule has 1 aliphatic rings. The highest BCUT2D eigenvalue weighted by Crippen LogP contribution is 2.34. The minimum Gasteiger partial charge on any atom is -0.454 e. The van der Waals surface area contributed by atoms with Crippen LogP contribution in [0, 0.1) is 5.82 Å². The number of ether oxygens (including phenoxy) is 2. The molecular formula is C23H17ClFN3O3. The van der Waals surface area contributed by atoms with E-state index in [4.69, 9.17) is 25.5 Å². The van der Waals surface area contributed by atoms with Gasteiger partial charge in [0.25, 0.3) is 0 Å². The molecule has 0 bridgehead atoms. The fourth-order valence-electron chi connectivity index (χ4n) is 3.39. The molecule has 8 heteroatoms. The van der Waals surface area contributed by atoms with Gasteiger partial charge in [-0.25, -0.2) is 4.39 Å². The summed E-state index contributed by atoms with van der Waals surface area (Å²) in [7, 11) is 0. The first-order chi connectivity index (χ1) is 15.2. The van der Waals surface area contributed by atoms with Crippen LogP contribution in [0.5, 0.6) is 11.5 Å². The van der Waals surface area contributed by atoms with Crippen LogP contribution >= 0.6 is 11.6 Å². The highest BCUT2D eigenvalue weighted by molar-refractivity contribution is 6.31. The van der Waals surface area contributed by atoms with Crippen molar-refractivity contribution in [3.05, 3.63) is 94.6 Å². The van der Waals surface area contributed by atoms with E-state index >= 15 is 0 Å². The second-order valence-electron chi connectivity index (χ2n) is 6.98. The molecule has 0 radical (unpaired) electrons. The van der Waals surface area contributed by atoms with Crippen LogP contribution in [0.15, 0.2) is 71.1 Å². The van der Waals surface area contributed by atoms with Gasteiger partial charge < -0.3 is 13.9 Å². The number of benzene rings is 3. The van der Waals surface area contributed by atoms with E-state index in [2.05, 4.69) is 15.5 Å². The Morgan fingerprint density at radius 3 is 2.65 bits per heavy atom. The normalized spacial score (nSPS) is 13.4. The largest absolute Gasteiger partial charge is 0.454 e. The molecular weight excluding hydrogens is 421 g/mol. The molecule has 0 saturated heterocycles. The van der Waals surface area contributed by atoms with Crippen molar-refractivity contribution >= 4 is 11.6 Å². The van der Waals surface area contributed by atoms with Crippen LogP contribution in [-0.2, 0) is 6.54 Å². The van der Waals surface area contributed by atoms with Crippen molar-refractivity contribution in [2.45, 2.75) is 12.6 Å². The summed E-state index contributed by atoms with van der Waals surface area (Å²) in [6.07, 6.45) is 0. The summed E-state index contributed by atoms with van der Waals surface area (Å²) >= 11 is 6.35. The van der Waals surface area contributed by atoms with Crippen molar-refractivity contribution in [1.29, 1.82) is 0 Å². The highest BCUT2D eigenvalue weighted by atomic mass is 35.5. The summed E-state index contributed by atoms with van der Waals surface area (Å²) < 4.78 is 30.4. The molecule has 156 valence electrons. The standard InChI is InChI=1S/C23H17ClFN3O3/c24-18-11-16(25)7-8-17(18)21(23-28-27-22(31-23)15-4-2-1-3-5-15)26-12-14-6-9-19-20(10-14)30-13-29-19/h1-11,21,26H,12-13H2. The van der Waals surface area contributed by atoms with Crippen LogP contribution in [0.25, 0.3) is 11.5 Å². The Kier molecular flexibility index (Phi) is 5.28. The monoisotopic (exact) mass is 437 g/mol. The maximum absolute atomic E-state index is 13.6. The van der Waals surface area contributed by atoms with E-state index in [1.54, 1.807) is 6.07 Å². The number of fused-ring (bicyclic) bond motifs is 1. The highest BCUT2D eigenvalue weighted by Gasteiger charge is 2.24. The van der Waals surface area contributed by atoms with Gasteiger partial charge in [0, 0.05) is 17.1 Å². The van der Waals surface area contributed by atoms with Gasteiger partial charge in [-0.1, -0.05) is 41.9 Å². The van der Waals surface area contributed by atoms with Crippen molar-refractivity contribution in [3.8, 4) is 23.0 Å². The van der Waals surface area contributed by atoms with Gasteiger partial charge in [0.1, 0.15) is 11.9 Å². The molecule has 5 rings (SSSR count). The lowest BCUT2D eigenvalue weighted by molar-refractivity contribution is 0.174. The Morgan fingerprint density at radius 2 is 1.81 bits per heavy atom. The van der Waals surface area contributed by atoms with Gasteiger partial charge in [0.15, 0.2) is 11.5 Å². The van der Waals surface area contributed by atoms with E-state index in [0.717, 1.165) is 11.1 Å². The molecule has 0 amide bonds. The lowest BCUT2D eigenvalue weighted by Gasteiger charge is -2.17. The molecule has 1 aromatic heterocycles. The number of rotatable bonds is 6. The van der Waals surface area contributed by atoms with E-state index in [1.165, 1.54) is 12.1 Å². The lowest BCUT2D eigenvalue weighted by Crippen LogP contribution is -2.23. The molecule has 1 N–H and O–H groups in total. The summed E-state index contributed by atoms with van der Waals surface area (Å²) in [5.74, 6) is 1.71. The molecule has 2 heterocycles. The molecule has 31 heavy (non-hydrogen) atoms. The predicted molar refractivity (Wildman–Crippen MR) is 112 cm³/mol. The number of aromatic nitrogens is 2. The SMILES string of the molecule is Fc1ccc(C(NCc2ccc3c(c2)OCO3)c2nnc(-c3ccccc3)o2)c(Cl)c1. The van der Waals surface area contributed by atoms with E-state index in [1.807, 2.05) is 48.5 Å². The lowest BCUT2D eigenvalue weighted by atomic mass is 10.1. The number of nitrogens with one attached hydrogen (secondary N) is 1. The maximum Gasteiger partial charge on any atom is 0.247 e. The van der Waals surface area contributed by atoms with Gasteiger partial charge >= 0.3 is 0 Å². The fraction of sp³-hybridized carbons (Fsp3) is 0.130. The van der Waals surface area contributed by atoms with Gasteiger partial charge in [-0.3, -0.25) is 5.32 Å². The average molecular weight is 438 g/mol. The third-order valence-electron chi connectivity index (χ3n) is 4.93. The number of hydrogen-bond donors (Lipinski definition) is 1. The first-order valence-electron chi connectivity index (χ1n) is 9.63. The summed E-state index contributed by atoms with van der Waals surface area (Å²) in [4.78, 5) is 0. The van der Waals surface area contributed by atoms with Crippen LogP contribution in [0.3, 0.4) is 0 Å². The van der Waals surface area contributed by atoms with Crippen molar-refractivity contribution < 1.29 is 18.3 Å². The van der Waals surface area contributed by atoms with Crippen LogP contribution in [-0.4, -0.2) is 17.0 Å². The third kappa shape index (κ3) is 4.10. The maximum atomic E-state index is 13.6. The Bertz CT molecular complexity index is 1220. The smallest absolute Gasteiger partial charge is 0.247 e. The molecule has 3 aromatic carbocycles. The minimum atomic E-state index is -0.538. The van der Waals surface area contributed by atoms with Crippen molar-refractivity contribution in [2.75, 3.05) is 6.79 Å². The molecule has 0 aliphatic carbocycles. The molecule has 0 spiro atoms. The zero-order valence-corrected chi connectivity index (χ0v) is 17.0. The molecule has 0 fully saturated rings. The van der Waals surface area contributed by atoms with Gasteiger partial charge in [-0.05, 0) is 47.5 Å². The zero-order valence-electron chi connectivity index (χ0n) is 16.2. The molecule has 4 aromatic rings. The Morgan fingerprint density at radius 1 is 0.968 bits per heavy atom. The average Bonchev–Trinajstić information content (AvgIpc) is 3.45. The zero-order chi connectivity index (χ0) is 21.2. The Balaban J connectivity index is 1.45. The van der Waals surface area contributed by atoms with Crippen molar-refractivity contribution in [3.63, 3.8) is 0 Å². The summed E-state index contributed by atoms with van der Waals surface area (Å²) in [5.41, 5.74) is 2.41. The number of halogens is 2. The van der Waals surface area contributed by atoms with E-state index in [0.29, 0.717) is 35.4 Å². The van der Waals surface area contributed by atoms with E-state index in [9.17, 15) is 4.39 Å². The van der Waals surface area contributed by atoms with Gasteiger partial charge in [-0.2, -0.15) is 0 Å². The van der Waals surface area contributed by atoms with Crippen molar-refractivity contribution in [1.82, 2.24) is 15.5 Å². The fourth-order valence-corrected chi connectivity index (χ4v) is 3.66. The second kappa shape index (κ2) is 8.37. The van der Waals surface area contributed by atoms with Gasteiger partial charge in [0.2, 0.25) is 18.6 Å². The first kappa shape index (κ1) is 19.5. The third-order valence-corrected chi connectivity index (χ3v) is 5.26. The van der Waals surface area contributed by atoms with Crippen LogP contribution < -0.4 is 14.8 Å². The Labute approximate surface area is 182 Å². The van der Waals surface area contributed by atoms with Crippen molar-refractivity contribution in [2.24, 2.45) is 0 Å². The number of nitrogens with zero attached hydrogens (tertiary/aromatic N) is 2. The van der Waals surface area contributed by atoms with Crippen LogP contribution in [0.1, 0.15) is 23.1 Å². The molecule has 1 aliphatic heterocycles. The number of hydrogen-bond acceptors (Lipinski definition) is 6. The second-order valence-corrected chi connectivity index (χ2v) is 7.39. The summed E-state index contributed by atoms with van der Waals surface area (Å²) in [6.45, 7) is 0.669. The molecule has 1 unspecified atom stereocenters. The van der Waals surface area contributed by atoms with Crippen LogP contribution in [0.2, 0.25) is 5.02 Å². The minimum absolute atomic E-state index is 0.213. The first-order valence-corrected chi connectivity index (χ1v) is 10.0. The van der Waals surface area contributed by atoms with E-state index < -0.39 is 11.9 Å². The van der Waals surface area contributed by atoms with Gasteiger partial charge in [0.05, 0.1) is 0 Å². The molecule has 6 nitrogen and oxygen atoms in total. The quantitative estimate of drug-likeness (QED) is 0.450. The molecule has 0 saturated carbocycles. The summed E-state index contributed by atoms with van der Waals surface area (Å²) in [5, 5.41) is 12.1. The Hall–Kier alpha value is -3.42. The topological polar surface area (TPSA) is 69.4 Å². The molecule has 1 atom stereocenters. The summed E-state index contributed by atoms with van der Waals surface area (Å²) in [6, 6.07) is 18.9. The van der Waals surface area contributed by atoms with Gasteiger partial charge in [-0.15, -0.1) is 10.2 Å². The van der Waals surface area contributed by atoms with Crippen LogP contribution in [0.4, 0.5) is 4.39 Å². The predicted octanol–water partition coefficient (Wildman–Crippen LogP) is 5.14.